The lowest BCUT2D eigenvalue weighted by Gasteiger charge is -2.29. The van der Waals surface area contributed by atoms with E-state index in [-0.39, 0.29) is 0 Å². The number of pyridine rings is 1. The second-order valence-corrected chi connectivity index (χ2v) is 4.17. The van der Waals surface area contributed by atoms with E-state index in [9.17, 15) is 5.11 Å². The largest absolute Gasteiger partial charge is 0.389 e. The Kier molecular flexibility index (Phi) is 4.74. The Labute approximate surface area is 98.1 Å². The normalized spacial score (nSPS) is 12.9. The van der Waals surface area contributed by atoms with Crippen molar-refractivity contribution >= 4 is 5.82 Å². The van der Waals surface area contributed by atoms with E-state index in [1.54, 1.807) is 13.1 Å². The first kappa shape index (κ1) is 13.0. The maximum absolute atomic E-state index is 9.71. The van der Waals surface area contributed by atoms with E-state index in [0.29, 0.717) is 6.04 Å². The van der Waals surface area contributed by atoms with Crippen LogP contribution in [-0.4, -0.2) is 23.2 Å². The van der Waals surface area contributed by atoms with Crippen molar-refractivity contribution in [1.29, 1.82) is 0 Å². The van der Waals surface area contributed by atoms with E-state index in [4.69, 9.17) is 0 Å². The first-order valence-electron chi connectivity index (χ1n) is 5.97. The SMILES string of the molecule is CCC(CC)N(C)c1ncccc1[C@@H](C)O. The van der Waals surface area contributed by atoms with Gasteiger partial charge in [0.2, 0.25) is 0 Å². The average Bonchev–Trinajstić information content (AvgIpc) is 2.30. The summed E-state index contributed by atoms with van der Waals surface area (Å²) < 4.78 is 0. The number of anilines is 1. The molecule has 0 bridgehead atoms. The molecule has 1 aromatic heterocycles. The number of hydrogen-bond donors (Lipinski definition) is 1. The molecule has 90 valence electrons. The van der Waals surface area contributed by atoms with Gasteiger partial charge in [0.05, 0.1) is 6.10 Å². The summed E-state index contributed by atoms with van der Waals surface area (Å²) in [6.45, 7) is 6.13. The quantitative estimate of drug-likeness (QED) is 0.832. The molecule has 0 aliphatic heterocycles. The predicted molar refractivity (Wildman–Crippen MR) is 67.6 cm³/mol. The second kappa shape index (κ2) is 5.85. The Bertz CT molecular complexity index is 321. The van der Waals surface area contributed by atoms with Crippen molar-refractivity contribution in [1.82, 2.24) is 4.98 Å². The fourth-order valence-electron chi connectivity index (χ4n) is 2.04. The maximum atomic E-state index is 9.71. The molecule has 3 nitrogen and oxygen atoms in total. The third kappa shape index (κ3) is 2.73. The standard InChI is InChI=1S/C13H22N2O/c1-5-11(6-2)15(4)13-12(10(3)16)8-7-9-14-13/h7-11,16H,5-6H2,1-4H3/t10-/m1/s1. The third-order valence-corrected chi connectivity index (χ3v) is 3.09. The zero-order valence-electron chi connectivity index (χ0n) is 10.6. The van der Waals surface area contributed by atoms with E-state index >= 15 is 0 Å². The summed E-state index contributed by atoms with van der Waals surface area (Å²) in [5, 5.41) is 9.71. The van der Waals surface area contributed by atoms with E-state index < -0.39 is 6.10 Å². The highest BCUT2D eigenvalue weighted by atomic mass is 16.3. The summed E-state index contributed by atoms with van der Waals surface area (Å²) in [4.78, 5) is 6.55. The molecule has 1 aromatic rings. The highest BCUT2D eigenvalue weighted by Gasteiger charge is 2.17. The van der Waals surface area contributed by atoms with Gasteiger partial charge in [-0.05, 0) is 25.8 Å². The van der Waals surface area contributed by atoms with Gasteiger partial charge >= 0.3 is 0 Å². The summed E-state index contributed by atoms with van der Waals surface area (Å²) >= 11 is 0. The van der Waals surface area contributed by atoms with Crippen LogP contribution in [0.1, 0.15) is 45.3 Å². The van der Waals surface area contributed by atoms with Crippen LogP contribution in [0.15, 0.2) is 18.3 Å². The van der Waals surface area contributed by atoms with Crippen LogP contribution in [0.3, 0.4) is 0 Å². The lowest BCUT2D eigenvalue weighted by Crippen LogP contribution is -2.32. The Balaban J connectivity index is 3.02. The monoisotopic (exact) mass is 222 g/mol. The molecule has 1 atom stereocenters. The van der Waals surface area contributed by atoms with Gasteiger partial charge in [-0.25, -0.2) is 4.98 Å². The van der Waals surface area contributed by atoms with Crippen molar-refractivity contribution in [3.05, 3.63) is 23.9 Å². The Morgan fingerprint density at radius 2 is 2.00 bits per heavy atom. The van der Waals surface area contributed by atoms with Crippen molar-refractivity contribution < 1.29 is 5.11 Å². The molecule has 0 spiro atoms. The van der Waals surface area contributed by atoms with Gasteiger partial charge in [-0.1, -0.05) is 19.9 Å². The van der Waals surface area contributed by atoms with Gasteiger partial charge in [0.1, 0.15) is 5.82 Å². The van der Waals surface area contributed by atoms with Gasteiger partial charge in [-0.2, -0.15) is 0 Å². The van der Waals surface area contributed by atoms with Gasteiger partial charge in [-0.15, -0.1) is 0 Å². The molecule has 16 heavy (non-hydrogen) atoms. The molecular formula is C13H22N2O. The van der Waals surface area contributed by atoms with E-state index in [1.807, 2.05) is 19.2 Å². The van der Waals surface area contributed by atoms with Crippen LogP contribution in [0.5, 0.6) is 0 Å². The Hall–Kier alpha value is -1.09. The van der Waals surface area contributed by atoms with Gasteiger partial charge in [0.15, 0.2) is 0 Å². The highest BCUT2D eigenvalue weighted by molar-refractivity contribution is 5.47. The zero-order valence-corrected chi connectivity index (χ0v) is 10.6. The van der Waals surface area contributed by atoms with Crippen LogP contribution in [0.4, 0.5) is 5.82 Å². The van der Waals surface area contributed by atoms with Gasteiger partial charge < -0.3 is 10.0 Å². The van der Waals surface area contributed by atoms with Crippen LogP contribution in [-0.2, 0) is 0 Å². The lowest BCUT2D eigenvalue weighted by atomic mass is 10.1. The van der Waals surface area contributed by atoms with E-state index in [0.717, 1.165) is 24.2 Å². The molecule has 0 aliphatic carbocycles. The number of aromatic nitrogens is 1. The molecule has 0 fully saturated rings. The molecule has 0 saturated heterocycles. The minimum Gasteiger partial charge on any atom is -0.389 e. The number of nitrogens with zero attached hydrogens (tertiary/aromatic N) is 2. The van der Waals surface area contributed by atoms with Crippen molar-refractivity contribution in [2.45, 2.75) is 45.8 Å². The molecule has 0 amide bonds. The number of aliphatic hydroxyl groups is 1. The molecule has 1 heterocycles. The topological polar surface area (TPSA) is 36.4 Å². The molecule has 0 radical (unpaired) electrons. The van der Waals surface area contributed by atoms with E-state index in [1.165, 1.54) is 0 Å². The summed E-state index contributed by atoms with van der Waals surface area (Å²) in [6, 6.07) is 4.28. The summed E-state index contributed by atoms with van der Waals surface area (Å²) in [6.07, 6.45) is 3.48. The first-order valence-corrected chi connectivity index (χ1v) is 5.97. The second-order valence-electron chi connectivity index (χ2n) is 4.17. The molecule has 0 unspecified atom stereocenters. The van der Waals surface area contributed by atoms with Crippen LogP contribution < -0.4 is 4.90 Å². The molecule has 3 heteroatoms. The minimum absolute atomic E-state index is 0.472. The molecular weight excluding hydrogens is 200 g/mol. The first-order chi connectivity index (χ1) is 7.61. The summed E-state index contributed by atoms with van der Waals surface area (Å²) in [7, 11) is 2.05. The molecule has 0 saturated carbocycles. The van der Waals surface area contributed by atoms with Gasteiger partial charge in [0.25, 0.3) is 0 Å². The maximum Gasteiger partial charge on any atom is 0.134 e. The van der Waals surface area contributed by atoms with Crippen molar-refractivity contribution in [3.63, 3.8) is 0 Å². The zero-order chi connectivity index (χ0) is 12.1. The van der Waals surface area contributed by atoms with Crippen molar-refractivity contribution in [2.24, 2.45) is 0 Å². The Morgan fingerprint density at radius 3 is 2.50 bits per heavy atom. The van der Waals surface area contributed by atoms with Crippen LogP contribution >= 0.6 is 0 Å². The van der Waals surface area contributed by atoms with Crippen molar-refractivity contribution in [2.75, 3.05) is 11.9 Å². The van der Waals surface area contributed by atoms with Crippen LogP contribution in [0, 0.1) is 0 Å². The summed E-state index contributed by atoms with van der Waals surface area (Å²) in [5.41, 5.74) is 0.900. The molecule has 0 aliphatic rings. The fourth-order valence-corrected chi connectivity index (χ4v) is 2.04. The number of rotatable bonds is 5. The molecule has 1 rings (SSSR count). The fraction of sp³-hybridized carbons (Fsp3) is 0.615. The van der Waals surface area contributed by atoms with Gasteiger partial charge in [0, 0.05) is 24.8 Å². The lowest BCUT2D eigenvalue weighted by molar-refractivity contribution is 0.199. The molecule has 1 N–H and O–H groups in total. The summed E-state index contributed by atoms with van der Waals surface area (Å²) in [5.74, 6) is 0.895. The number of aliphatic hydroxyl groups excluding tert-OH is 1. The van der Waals surface area contributed by atoms with Crippen molar-refractivity contribution in [3.8, 4) is 0 Å². The highest BCUT2D eigenvalue weighted by Crippen LogP contribution is 2.25. The van der Waals surface area contributed by atoms with Gasteiger partial charge in [-0.3, -0.25) is 0 Å². The smallest absolute Gasteiger partial charge is 0.134 e. The van der Waals surface area contributed by atoms with E-state index in [2.05, 4.69) is 23.7 Å². The molecule has 0 aromatic carbocycles. The number of hydrogen-bond acceptors (Lipinski definition) is 3. The third-order valence-electron chi connectivity index (χ3n) is 3.09. The average molecular weight is 222 g/mol. The Morgan fingerprint density at radius 1 is 1.38 bits per heavy atom. The predicted octanol–water partition coefficient (Wildman–Crippen LogP) is 2.76. The minimum atomic E-state index is -0.472. The van der Waals surface area contributed by atoms with Crippen LogP contribution in [0.25, 0.3) is 0 Å². The van der Waals surface area contributed by atoms with Crippen LogP contribution in [0.2, 0.25) is 0 Å².